The first-order valence-corrected chi connectivity index (χ1v) is 11.2. The van der Waals surface area contributed by atoms with Gasteiger partial charge in [-0.1, -0.05) is 42.5 Å². The lowest BCUT2D eigenvalue weighted by molar-refractivity contribution is -0.137. The minimum atomic E-state index is -0.926. The molecule has 0 aromatic heterocycles. The fourth-order valence-electron chi connectivity index (χ4n) is 3.49. The van der Waals surface area contributed by atoms with Crippen molar-refractivity contribution in [2.75, 3.05) is 18.4 Å². The molecule has 0 aliphatic rings. The summed E-state index contributed by atoms with van der Waals surface area (Å²) in [5.74, 6) is -0.785. The molecule has 7 nitrogen and oxygen atoms in total. The Labute approximate surface area is 202 Å². The van der Waals surface area contributed by atoms with E-state index < -0.39 is 23.6 Å². The first-order valence-electron chi connectivity index (χ1n) is 11.2. The summed E-state index contributed by atoms with van der Waals surface area (Å²) in [6.45, 7) is 14.6. The number of alkyl carbamates (subject to hydrolysis) is 1. The number of ether oxygens (including phenoxy) is 1. The Hall–Kier alpha value is -3.61. The van der Waals surface area contributed by atoms with Crippen LogP contribution in [0.25, 0.3) is 0 Å². The number of rotatable bonds is 8. The Morgan fingerprint density at radius 2 is 1.68 bits per heavy atom. The molecule has 0 spiro atoms. The molecule has 0 saturated carbocycles. The van der Waals surface area contributed by atoms with Crippen LogP contribution >= 0.6 is 0 Å². The molecule has 34 heavy (non-hydrogen) atoms. The number of amides is 3. The molecular weight excluding hydrogens is 430 g/mol. The Bertz CT molecular complexity index is 1060. The molecule has 0 radical (unpaired) electrons. The van der Waals surface area contributed by atoms with Gasteiger partial charge in [-0.25, -0.2) is 4.79 Å². The third kappa shape index (κ3) is 7.20. The van der Waals surface area contributed by atoms with Crippen LogP contribution in [0, 0.1) is 20.8 Å². The van der Waals surface area contributed by atoms with Gasteiger partial charge in [0.1, 0.15) is 18.2 Å². The molecule has 0 saturated heterocycles. The molecular formula is C27H35N3O4. The van der Waals surface area contributed by atoms with E-state index in [-0.39, 0.29) is 19.0 Å². The summed E-state index contributed by atoms with van der Waals surface area (Å²) in [5, 5.41) is 5.46. The molecule has 0 fully saturated rings. The second-order valence-corrected chi connectivity index (χ2v) is 9.19. The number of nitrogens with one attached hydrogen (secondary N) is 2. The molecule has 182 valence electrons. The van der Waals surface area contributed by atoms with Crippen molar-refractivity contribution in [1.29, 1.82) is 0 Å². The molecule has 2 N–H and O–H groups in total. The molecule has 0 heterocycles. The molecule has 0 aliphatic carbocycles. The third-order valence-corrected chi connectivity index (χ3v) is 5.33. The average Bonchev–Trinajstić information content (AvgIpc) is 2.75. The molecule has 1 atom stereocenters. The Morgan fingerprint density at radius 1 is 1.03 bits per heavy atom. The lowest BCUT2D eigenvalue weighted by atomic mass is 9.95. The van der Waals surface area contributed by atoms with Gasteiger partial charge in [-0.15, -0.1) is 6.58 Å². The summed E-state index contributed by atoms with van der Waals surface area (Å²) in [6, 6.07) is 12.2. The lowest BCUT2D eigenvalue weighted by Crippen LogP contribution is -2.46. The van der Waals surface area contributed by atoms with Crippen molar-refractivity contribution in [3.63, 3.8) is 0 Å². The fraction of sp³-hybridized carbons (Fsp3) is 0.370. The van der Waals surface area contributed by atoms with Gasteiger partial charge in [0.15, 0.2) is 0 Å². The predicted molar refractivity (Wildman–Crippen MR) is 135 cm³/mol. The number of nitrogens with zero attached hydrogens (tertiary/aromatic N) is 1. The van der Waals surface area contributed by atoms with Gasteiger partial charge in [-0.2, -0.15) is 0 Å². The van der Waals surface area contributed by atoms with Gasteiger partial charge in [0.05, 0.1) is 0 Å². The van der Waals surface area contributed by atoms with Crippen LogP contribution in [0.4, 0.5) is 10.5 Å². The van der Waals surface area contributed by atoms with Gasteiger partial charge in [-0.05, 0) is 69.9 Å². The van der Waals surface area contributed by atoms with Crippen molar-refractivity contribution < 1.29 is 19.1 Å². The van der Waals surface area contributed by atoms with Gasteiger partial charge >= 0.3 is 6.09 Å². The van der Waals surface area contributed by atoms with Gasteiger partial charge in [-0.3, -0.25) is 9.59 Å². The van der Waals surface area contributed by atoms with E-state index >= 15 is 0 Å². The van der Waals surface area contributed by atoms with Crippen molar-refractivity contribution in [3.8, 4) is 0 Å². The van der Waals surface area contributed by atoms with E-state index in [0.717, 1.165) is 16.7 Å². The molecule has 0 bridgehead atoms. The Balaban J connectivity index is 2.40. The summed E-state index contributed by atoms with van der Waals surface area (Å²) < 4.78 is 5.23. The zero-order valence-corrected chi connectivity index (χ0v) is 20.9. The highest BCUT2D eigenvalue weighted by molar-refractivity contribution is 5.99. The summed E-state index contributed by atoms with van der Waals surface area (Å²) in [4.78, 5) is 40.4. The van der Waals surface area contributed by atoms with Gasteiger partial charge < -0.3 is 20.3 Å². The third-order valence-electron chi connectivity index (χ3n) is 5.33. The predicted octanol–water partition coefficient (Wildman–Crippen LogP) is 4.83. The normalized spacial score (nSPS) is 11.8. The average molecular weight is 466 g/mol. The van der Waals surface area contributed by atoms with Crippen molar-refractivity contribution in [1.82, 2.24) is 10.2 Å². The zero-order valence-electron chi connectivity index (χ0n) is 20.9. The minimum absolute atomic E-state index is 0.119. The molecule has 2 aromatic rings. The van der Waals surface area contributed by atoms with Gasteiger partial charge in [0.25, 0.3) is 5.91 Å². The SMILES string of the molecule is C=CCN(C(=O)CNC(=O)OC(C)(C)C)C(C(=O)Nc1ccccc1C)c1cccc(C)c1C. The van der Waals surface area contributed by atoms with Crippen LogP contribution in [0.3, 0.4) is 0 Å². The summed E-state index contributed by atoms with van der Waals surface area (Å²) >= 11 is 0. The van der Waals surface area contributed by atoms with Crippen molar-refractivity contribution in [2.45, 2.75) is 53.2 Å². The van der Waals surface area contributed by atoms with Crippen molar-refractivity contribution >= 4 is 23.6 Å². The van der Waals surface area contributed by atoms with Crippen LogP contribution in [-0.2, 0) is 14.3 Å². The molecule has 0 aliphatic heterocycles. The van der Waals surface area contributed by atoms with Crippen LogP contribution in [0.1, 0.15) is 49.1 Å². The van der Waals surface area contributed by atoms with Crippen molar-refractivity contribution in [2.24, 2.45) is 0 Å². The largest absolute Gasteiger partial charge is 0.444 e. The van der Waals surface area contributed by atoms with Crippen LogP contribution < -0.4 is 10.6 Å². The number of aryl methyl sites for hydroxylation is 2. The smallest absolute Gasteiger partial charge is 0.408 e. The molecule has 7 heteroatoms. The number of benzene rings is 2. The fourth-order valence-corrected chi connectivity index (χ4v) is 3.49. The highest BCUT2D eigenvalue weighted by Crippen LogP contribution is 2.28. The van der Waals surface area contributed by atoms with E-state index in [2.05, 4.69) is 17.2 Å². The maximum absolute atomic E-state index is 13.6. The van der Waals surface area contributed by atoms with Crippen molar-refractivity contribution in [3.05, 3.63) is 77.4 Å². The Kier molecular flexibility index (Phi) is 9.01. The Morgan fingerprint density at radius 3 is 2.29 bits per heavy atom. The lowest BCUT2D eigenvalue weighted by Gasteiger charge is -2.32. The van der Waals surface area contributed by atoms with E-state index in [1.807, 2.05) is 63.2 Å². The number of para-hydroxylation sites is 1. The summed E-state index contributed by atoms with van der Waals surface area (Å²) in [7, 11) is 0. The zero-order chi connectivity index (χ0) is 25.5. The second-order valence-electron chi connectivity index (χ2n) is 9.19. The first-order chi connectivity index (χ1) is 15.9. The topological polar surface area (TPSA) is 87.7 Å². The number of hydrogen-bond acceptors (Lipinski definition) is 4. The van der Waals surface area contributed by atoms with Gasteiger partial charge in [0.2, 0.25) is 5.91 Å². The van der Waals surface area contributed by atoms with Crippen LogP contribution in [0.15, 0.2) is 55.1 Å². The molecule has 2 rings (SSSR count). The minimum Gasteiger partial charge on any atom is -0.444 e. The monoisotopic (exact) mass is 465 g/mol. The van der Waals surface area contributed by atoms with Crippen LogP contribution in [0.2, 0.25) is 0 Å². The van der Waals surface area contributed by atoms with Crippen LogP contribution in [-0.4, -0.2) is 41.5 Å². The highest BCUT2D eigenvalue weighted by Gasteiger charge is 2.32. The van der Waals surface area contributed by atoms with Crippen LogP contribution in [0.5, 0.6) is 0 Å². The number of anilines is 1. The molecule has 1 unspecified atom stereocenters. The molecule has 2 aromatic carbocycles. The first kappa shape index (κ1) is 26.6. The standard InChI is InChI=1S/C27H35N3O4/c1-8-16-30(23(31)17-28-26(33)34-27(5,6)7)24(21-14-11-13-18(2)20(21)4)25(32)29-22-15-10-9-12-19(22)3/h8-15,24H,1,16-17H2,2-7H3,(H,28,33)(H,29,32). The van der Waals surface area contributed by atoms with E-state index in [1.54, 1.807) is 26.8 Å². The maximum atomic E-state index is 13.6. The van der Waals surface area contributed by atoms with Gasteiger partial charge in [0, 0.05) is 12.2 Å². The van der Waals surface area contributed by atoms with E-state index in [4.69, 9.17) is 4.74 Å². The van der Waals surface area contributed by atoms with E-state index in [0.29, 0.717) is 11.3 Å². The number of hydrogen-bond donors (Lipinski definition) is 2. The number of carbonyl (C=O) groups excluding carboxylic acids is 3. The summed E-state index contributed by atoms with van der Waals surface area (Å²) in [5.41, 5.74) is 3.50. The molecule has 3 amide bonds. The number of carbonyl (C=O) groups is 3. The highest BCUT2D eigenvalue weighted by atomic mass is 16.6. The quantitative estimate of drug-likeness (QED) is 0.547. The summed E-state index contributed by atoms with van der Waals surface area (Å²) in [6.07, 6.45) is 0.858. The van der Waals surface area contributed by atoms with E-state index in [9.17, 15) is 14.4 Å². The second kappa shape index (κ2) is 11.5. The maximum Gasteiger partial charge on any atom is 0.408 e. The van der Waals surface area contributed by atoms with E-state index in [1.165, 1.54) is 4.90 Å².